The Bertz CT molecular complexity index is 436. The van der Waals surface area contributed by atoms with E-state index in [9.17, 15) is 13.0 Å². The highest BCUT2D eigenvalue weighted by atomic mass is 32.2. The van der Waals surface area contributed by atoms with Crippen LogP contribution in [0.5, 0.6) is 5.75 Å². The second-order valence-electron chi connectivity index (χ2n) is 2.28. The highest BCUT2D eigenvalue weighted by Crippen LogP contribution is 2.23. The Morgan fingerprint density at radius 1 is 1.21 bits per heavy atom. The Balaban J connectivity index is 2.95. The Morgan fingerprint density at radius 3 is 2.07 bits per heavy atom. The van der Waals surface area contributed by atoms with E-state index in [2.05, 4.69) is 4.52 Å². The average Bonchev–Trinajstić information content (AvgIpc) is 2.02. The third kappa shape index (κ3) is 3.04. The van der Waals surface area contributed by atoms with E-state index in [0.717, 1.165) is 24.3 Å². The van der Waals surface area contributed by atoms with Crippen molar-refractivity contribution in [3.8, 4) is 5.75 Å². The van der Waals surface area contributed by atoms with E-state index in [-0.39, 0.29) is 10.6 Å². The molecule has 0 saturated carbocycles. The van der Waals surface area contributed by atoms with Gasteiger partial charge in [-0.3, -0.25) is 4.55 Å². The molecule has 0 saturated heterocycles. The predicted octanol–water partition coefficient (Wildman–Crippen LogP) is 0.962. The van der Waals surface area contributed by atoms with Gasteiger partial charge in [-0.25, -0.2) is 4.52 Å². The minimum absolute atomic E-state index is 0.0426. The Labute approximate surface area is 80.8 Å². The minimum atomic E-state index is -4.24. The minimum Gasteiger partial charge on any atom is -0.282 e. The van der Waals surface area contributed by atoms with Gasteiger partial charge in [-0.15, -0.1) is 4.89 Å². The maximum absolute atomic E-state index is 10.6. The van der Waals surface area contributed by atoms with Crippen molar-refractivity contribution in [3.05, 3.63) is 24.3 Å². The van der Waals surface area contributed by atoms with Crippen LogP contribution in [0.4, 0.5) is 0 Å². The van der Waals surface area contributed by atoms with Crippen molar-refractivity contribution in [3.63, 3.8) is 0 Å². The fourth-order valence-corrected chi connectivity index (χ4v) is 1.54. The molecule has 0 radical (unpaired) electrons. The van der Waals surface area contributed by atoms with E-state index >= 15 is 0 Å². The van der Waals surface area contributed by atoms with Gasteiger partial charge in [0.05, 0.1) is 4.90 Å². The van der Waals surface area contributed by atoms with Crippen molar-refractivity contribution in [2.45, 2.75) is 4.90 Å². The molecule has 0 aliphatic carbocycles. The summed E-state index contributed by atoms with van der Waals surface area (Å²) in [5, 5.41) is 0. The molecule has 1 aromatic carbocycles. The molecule has 1 atom stereocenters. The first-order chi connectivity index (χ1) is 6.39. The van der Waals surface area contributed by atoms with Gasteiger partial charge in [0.15, 0.2) is 5.75 Å². The fraction of sp³-hybridized carbons (Fsp3) is 0. The van der Waals surface area contributed by atoms with Crippen LogP contribution in [-0.2, 0) is 14.7 Å². The number of rotatable bonds is 3. The Hall–Kier alpha value is -1.01. The summed E-state index contributed by atoms with van der Waals surface area (Å²) in [4.78, 5) is 8.05. The molecule has 0 aliphatic heterocycles. The molecule has 8 heteroatoms. The molecule has 14 heavy (non-hydrogen) atoms. The van der Waals surface area contributed by atoms with Gasteiger partial charge in [0.2, 0.25) is 0 Å². The lowest BCUT2D eigenvalue weighted by Gasteiger charge is -1.95. The Morgan fingerprint density at radius 2 is 1.71 bits per heavy atom. The molecule has 1 aromatic rings. The molecule has 0 bridgehead atoms. The Kier molecular flexibility index (Phi) is 3.17. The lowest BCUT2D eigenvalue weighted by atomic mass is 10.3. The summed E-state index contributed by atoms with van der Waals surface area (Å²) in [5.74, 6) is 0.0426. The number of benzene rings is 1. The van der Waals surface area contributed by atoms with E-state index in [4.69, 9.17) is 9.45 Å². The molecule has 0 aliphatic rings. The molecule has 0 heterocycles. The van der Waals surface area contributed by atoms with E-state index in [0.29, 0.717) is 0 Å². The maximum Gasteiger partial charge on any atom is 0.747 e. The van der Waals surface area contributed by atoms with Crippen LogP contribution in [0.1, 0.15) is 0 Å². The molecule has 76 valence electrons. The summed E-state index contributed by atoms with van der Waals surface area (Å²) in [6, 6.07) is 4.44. The van der Waals surface area contributed by atoms with Crippen LogP contribution in [0.25, 0.3) is 0 Å². The summed E-state index contributed by atoms with van der Waals surface area (Å²) in [5.41, 5.74) is 0. The lowest BCUT2D eigenvalue weighted by molar-refractivity contribution is 0.410. The molecular formula is C6H6O6PS+. The molecule has 0 spiro atoms. The van der Waals surface area contributed by atoms with Crippen LogP contribution in [0.15, 0.2) is 29.2 Å². The summed E-state index contributed by atoms with van der Waals surface area (Å²) >= 11 is 0. The predicted molar refractivity (Wildman–Crippen MR) is 46.7 cm³/mol. The first kappa shape index (κ1) is 11.1. The van der Waals surface area contributed by atoms with Crippen LogP contribution in [0.2, 0.25) is 0 Å². The van der Waals surface area contributed by atoms with Gasteiger partial charge in [0.25, 0.3) is 10.1 Å². The van der Waals surface area contributed by atoms with E-state index < -0.39 is 18.4 Å². The summed E-state index contributed by atoms with van der Waals surface area (Å²) < 4.78 is 44.3. The van der Waals surface area contributed by atoms with Crippen molar-refractivity contribution in [1.82, 2.24) is 0 Å². The molecule has 0 fully saturated rings. The van der Waals surface area contributed by atoms with Gasteiger partial charge >= 0.3 is 8.25 Å². The van der Waals surface area contributed by atoms with Gasteiger partial charge in [-0.05, 0) is 24.3 Å². The van der Waals surface area contributed by atoms with E-state index in [1.54, 1.807) is 0 Å². The standard InChI is InChI=1S/C6H5O6PS/c7-13(8)12-5-1-3-6(4-2-5)14(9,10)11/h1-4H,(H-,7,8,9,10,11)/p+1. The molecule has 0 amide bonds. The third-order valence-corrected chi connectivity index (χ3v) is 2.54. The van der Waals surface area contributed by atoms with Crippen LogP contribution < -0.4 is 4.52 Å². The van der Waals surface area contributed by atoms with Crippen molar-refractivity contribution in [2.24, 2.45) is 0 Å². The molecule has 6 nitrogen and oxygen atoms in total. The first-order valence-corrected chi connectivity index (χ1v) is 5.88. The van der Waals surface area contributed by atoms with Crippen molar-refractivity contribution in [2.75, 3.05) is 0 Å². The second kappa shape index (κ2) is 4.02. The zero-order chi connectivity index (χ0) is 10.8. The zero-order valence-corrected chi connectivity index (χ0v) is 8.40. The zero-order valence-electron chi connectivity index (χ0n) is 6.69. The average molecular weight is 237 g/mol. The van der Waals surface area contributed by atoms with Gasteiger partial charge in [-0.1, -0.05) is 0 Å². The van der Waals surface area contributed by atoms with Crippen LogP contribution >= 0.6 is 8.25 Å². The topological polar surface area (TPSA) is 101 Å². The van der Waals surface area contributed by atoms with Crippen LogP contribution in [-0.4, -0.2) is 17.9 Å². The summed E-state index contributed by atoms with van der Waals surface area (Å²) in [6.45, 7) is 0. The highest BCUT2D eigenvalue weighted by molar-refractivity contribution is 7.85. The molecular weight excluding hydrogens is 231 g/mol. The maximum atomic E-state index is 10.6. The third-order valence-electron chi connectivity index (χ3n) is 1.31. The van der Waals surface area contributed by atoms with Crippen molar-refractivity contribution >= 4 is 18.4 Å². The first-order valence-electron chi connectivity index (χ1n) is 3.31. The highest BCUT2D eigenvalue weighted by Gasteiger charge is 2.15. The van der Waals surface area contributed by atoms with Crippen LogP contribution in [0, 0.1) is 0 Å². The van der Waals surface area contributed by atoms with Gasteiger partial charge in [0.1, 0.15) is 0 Å². The number of hydrogen-bond donors (Lipinski definition) is 2. The SMILES string of the molecule is O=[P+](O)Oc1ccc(S(=O)(=O)O)cc1. The van der Waals surface area contributed by atoms with Gasteiger partial charge in [0, 0.05) is 4.57 Å². The van der Waals surface area contributed by atoms with Gasteiger partial charge in [-0.2, -0.15) is 8.42 Å². The molecule has 2 N–H and O–H groups in total. The number of hydrogen-bond acceptors (Lipinski definition) is 4. The quantitative estimate of drug-likeness (QED) is 0.599. The smallest absolute Gasteiger partial charge is 0.282 e. The molecule has 1 rings (SSSR count). The van der Waals surface area contributed by atoms with Gasteiger partial charge < -0.3 is 0 Å². The monoisotopic (exact) mass is 237 g/mol. The van der Waals surface area contributed by atoms with E-state index in [1.807, 2.05) is 0 Å². The molecule has 1 unspecified atom stereocenters. The lowest BCUT2D eigenvalue weighted by Crippen LogP contribution is -1.97. The van der Waals surface area contributed by atoms with Crippen molar-refractivity contribution < 1.29 is 27.0 Å². The normalized spacial score (nSPS) is 12.3. The summed E-state index contributed by atoms with van der Waals surface area (Å²) in [7, 11) is -7.02. The van der Waals surface area contributed by atoms with Crippen molar-refractivity contribution in [1.29, 1.82) is 0 Å². The summed E-state index contributed by atoms with van der Waals surface area (Å²) in [6.07, 6.45) is 0. The largest absolute Gasteiger partial charge is 0.747 e. The second-order valence-corrected chi connectivity index (χ2v) is 4.36. The molecule has 0 aromatic heterocycles. The van der Waals surface area contributed by atoms with E-state index in [1.165, 1.54) is 0 Å². The fourth-order valence-electron chi connectivity index (χ4n) is 0.763. The van der Waals surface area contributed by atoms with Crippen LogP contribution in [0.3, 0.4) is 0 Å².